The fourth-order valence-electron chi connectivity index (χ4n) is 1.13. The summed E-state index contributed by atoms with van der Waals surface area (Å²) in [5, 5.41) is 0. The molecule has 1 radical (unpaired) electrons. The van der Waals surface area contributed by atoms with Crippen LogP contribution in [-0.2, 0) is 9.47 Å². The van der Waals surface area contributed by atoms with E-state index in [0.29, 0.717) is 19.8 Å². The molecule has 0 N–H and O–H groups in total. The van der Waals surface area contributed by atoms with Gasteiger partial charge in [-0.1, -0.05) is 12.1 Å². The minimum Gasteiger partial charge on any atom is -0.488 e. The first-order valence-corrected chi connectivity index (χ1v) is 4.27. The molecule has 0 bridgehead atoms. The van der Waals surface area contributed by atoms with Crippen molar-refractivity contribution in [3.63, 3.8) is 0 Å². The Labute approximate surface area is 77.2 Å². The van der Waals surface area contributed by atoms with E-state index in [1.807, 2.05) is 18.2 Å². The van der Waals surface area contributed by atoms with E-state index in [9.17, 15) is 0 Å². The first-order chi connectivity index (χ1) is 6.45. The third-order valence-corrected chi connectivity index (χ3v) is 1.76. The van der Waals surface area contributed by atoms with Gasteiger partial charge in [-0.25, -0.2) is 0 Å². The number of rotatable bonds is 3. The van der Waals surface area contributed by atoms with Gasteiger partial charge in [-0.05, 0) is 18.2 Å². The lowest BCUT2D eigenvalue weighted by Crippen LogP contribution is -2.18. The van der Waals surface area contributed by atoms with Crippen molar-refractivity contribution in [1.29, 1.82) is 0 Å². The molecule has 0 amide bonds. The predicted molar refractivity (Wildman–Crippen MR) is 46.5 cm³/mol. The number of benzene rings is 1. The van der Waals surface area contributed by atoms with Gasteiger partial charge in [-0.3, -0.25) is 0 Å². The Balaban J connectivity index is 1.79. The molecule has 0 spiro atoms. The van der Waals surface area contributed by atoms with E-state index in [1.54, 1.807) is 6.07 Å². The van der Waals surface area contributed by atoms with E-state index in [0.717, 1.165) is 5.75 Å². The van der Waals surface area contributed by atoms with E-state index >= 15 is 0 Å². The number of ether oxygens (including phenoxy) is 3. The highest BCUT2D eigenvalue weighted by atomic mass is 16.7. The fourth-order valence-corrected chi connectivity index (χ4v) is 1.13. The molecule has 1 aromatic carbocycles. The third kappa shape index (κ3) is 2.44. The van der Waals surface area contributed by atoms with Crippen molar-refractivity contribution in [2.75, 3.05) is 19.8 Å². The van der Waals surface area contributed by atoms with Crippen LogP contribution in [0.2, 0.25) is 0 Å². The molecule has 3 nitrogen and oxygen atoms in total. The molecule has 3 heteroatoms. The lowest BCUT2D eigenvalue weighted by Gasteiger charge is -2.10. The molecule has 69 valence electrons. The smallest absolute Gasteiger partial charge is 0.191 e. The molecule has 0 aliphatic carbocycles. The van der Waals surface area contributed by atoms with Crippen LogP contribution in [0.25, 0.3) is 0 Å². The van der Waals surface area contributed by atoms with Crippen LogP contribution in [0.3, 0.4) is 0 Å². The zero-order valence-corrected chi connectivity index (χ0v) is 7.23. The molecule has 1 aliphatic heterocycles. The van der Waals surface area contributed by atoms with Crippen molar-refractivity contribution in [3.8, 4) is 5.75 Å². The van der Waals surface area contributed by atoms with E-state index in [-0.39, 0.29) is 6.29 Å². The Morgan fingerprint density at radius 2 is 2.31 bits per heavy atom. The largest absolute Gasteiger partial charge is 0.488 e. The molecular formula is C10H11O3. The highest BCUT2D eigenvalue weighted by molar-refractivity contribution is 5.19. The molecule has 0 saturated carbocycles. The number of hydrogen-bond donors (Lipinski definition) is 0. The maximum absolute atomic E-state index is 5.41. The topological polar surface area (TPSA) is 27.7 Å². The van der Waals surface area contributed by atoms with E-state index in [4.69, 9.17) is 14.2 Å². The minimum absolute atomic E-state index is 0.208. The first-order valence-electron chi connectivity index (χ1n) is 4.27. The van der Waals surface area contributed by atoms with Crippen LogP contribution >= 0.6 is 0 Å². The summed E-state index contributed by atoms with van der Waals surface area (Å²) in [6.07, 6.45) is -0.208. The molecule has 1 heterocycles. The van der Waals surface area contributed by atoms with E-state index in [2.05, 4.69) is 6.07 Å². The van der Waals surface area contributed by atoms with Gasteiger partial charge in [0.05, 0.1) is 13.2 Å². The Morgan fingerprint density at radius 1 is 1.46 bits per heavy atom. The molecule has 0 aromatic heterocycles. The van der Waals surface area contributed by atoms with Crippen LogP contribution in [0.1, 0.15) is 0 Å². The SMILES string of the molecule is [c]1cccc(OCC2OCCO2)c1. The summed E-state index contributed by atoms with van der Waals surface area (Å²) in [7, 11) is 0. The van der Waals surface area contributed by atoms with Crippen LogP contribution in [0, 0.1) is 6.07 Å². The summed E-state index contributed by atoms with van der Waals surface area (Å²) >= 11 is 0. The van der Waals surface area contributed by atoms with Crippen LogP contribution in [-0.4, -0.2) is 26.1 Å². The molecule has 1 fully saturated rings. The second kappa shape index (κ2) is 4.25. The van der Waals surface area contributed by atoms with Gasteiger partial charge in [0, 0.05) is 0 Å². The van der Waals surface area contributed by atoms with E-state index in [1.165, 1.54) is 0 Å². The molecule has 13 heavy (non-hydrogen) atoms. The van der Waals surface area contributed by atoms with Crippen molar-refractivity contribution in [3.05, 3.63) is 30.3 Å². The lowest BCUT2D eigenvalue weighted by molar-refractivity contribution is -0.0684. The van der Waals surface area contributed by atoms with Crippen molar-refractivity contribution in [1.82, 2.24) is 0 Å². The van der Waals surface area contributed by atoms with Crippen LogP contribution in [0.5, 0.6) is 5.75 Å². The Morgan fingerprint density at radius 3 is 3.00 bits per heavy atom. The van der Waals surface area contributed by atoms with E-state index < -0.39 is 0 Å². The van der Waals surface area contributed by atoms with Gasteiger partial charge in [0.15, 0.2) is 6.29 Å². The summed E-state index contributed by atoms with van der Waals surface area (Å²) in [5.41, 5.74) is 0. The molecule has 1 aromatic rings. The normalized spacial score (nSPS) is 17.5. The average molecular weight is 179 g/mol. The Bertz CT molecular complexity index is 242. The van der Waals surface area contributed by atoms with Gasteiger partial charge in [-0.2, -0.15) is 0 Å². The zero-order chi connectivity index (χ0) is 8.93. The van der Waals surface area contributed by atoms with Crippen molar-refractivity contribution >= 4 is 0 Å². The maximum Gasteiger partial charge on any atom is 0.191 e. The number of hydrogen-bond acceptors (Lipinski definition) is 3. The summed E-state index contributed by atoms with van der Waals surface area (Å²) in [5.74, 6) is 0.793. The van der Waals surface area contributed by atoms with Crippen molar-refractivity contribution in [2.24, 2.45) is 0 Å². The first kappa shape index (κ1) is 8.53. The molecule has 0 atom stereocenters. The highest BCUT2D eigenvalue weighted by Gasteiger charge is 2.15. The fraction of sp³-hybridized carbons (Fsp3) is 0.400. The third-order valence-electron chi connectivity index (χ3n) is 1.76. The predicted octanol–water partition coefficient (Wildman–Crippen LogP) is 1.24. The monoisotopic (exact) mass is 179 g/mol. The van der Waals surface area contributed by atoms with Crippen molar-refractivity contribution in [2.45, 2.75) is 6.29 Å². The average Bonchev–Trinajstić information content (AvgIpc) is 2.69. The minimum atomic E-state index is -0.208. The highest BCUT2D eigenvalue weighted by Crippen LogP contribution is 2.10. The van der Waals surface area contributed by atoms with Gasteiger partial charge in [-0.15, -0.1) is 0 Å². The van der Waals surface area contributed by atoms with Crippen LogP contribution < -0.4 is 4.74 Å². The Hall–Kier alpha value is -1.06. The lowest BCUT2D eigenvalue weighted by atomic mass is 10.3. The van der Waals surface area contributed by atoms with Gasteiger partial charge in [0.1, 0.15) is 12.4 Å². The van der Waals surface area contributed by atoms with Crippen LogP contribution in [0.15, 0.2) is 24.3 Å². The summed E-state index contributed by atoms with van der Waals surface area (Å²) < 4.78 is 15.8. The van der Waals surface area contributed by atoms with Gasteiger partial charge in [0.2, 0.25) is 0 Å². The second-order valence-electron chi connectivity index (χ2n) is 2.72. The maximum atomic E-state index is 5.41. The molecule has 0 unspecified atom stereocenters. The van der Waals surface area contributed by atoms with Gasteiger partial charge in [0.25, 0.3) is 0 Å². The summed E-state index contributed by atoms with van der Waals surface area (Å²) in [6.45, 7) is 1.77. The standard InChI is InChI=1S/C10H11O3/c1-2-4-9(5-3-1)13-8-10-11-6-7-12-10/h1-2,4-5,10H,6-8H2. The summed E-state index contributed by atoms with van der Waals surface area (Å²) in [4.78, 5) is 0. The molecule has 1 saturated heterocycles. The molecular weight excluding hydrogens is 168 g/mol. The van der Waals surface area contributed by atoms with Crippen LogP contribution in [0.4, 0.5) is 0 Å². The molecule has 1 aliphatic rings. The Kier molecular flexibility index (Phi) is 2.79. The quantitative estimate of drug-likeness (QED) is 0.698. The zero-order valence-electron chi connectivity index (χ0n) is 7.23. The summed E-state index contributed by atoms with van der Waals surface area (Å²) in [6, 6.07) is 10.3. The second-order valence-corrected chi connectivity index (χ2v) is 2.72. The van der Waals surface area contributed by atoms with Gasteiger partial charge >= 0.3 is 0 Å². The van der Waals surface area contributed by atoms with Gasteiger partial charge < -0.3 is 14.2 Å². The molecule has 2 rings (SSSR count). The van der Waals surface area contributed by atoms with Crippen molar-refractivity contribution < 1.29 is 14.2 Å².